The minimum Gasteiger partial charge on any atom is -0.309 e. The first-order valence-corrected chi connectivity index (χ1v) is 7.65. The molecule has 0 bridgehead atoms. The largest absolute Gasteiger partial charge is 0.309 e. The average Bonchev–Trinajstić information content (AvgIpc) is 2.79. The summed E-state index contributed by atoms with van der Waals surface area (Å²) in [5, 5.41) is 6.25. The molecule has 0 saturated carbocycles. The van der Waals surface area contributed by atoms with Crippen LogP contribution in [0, 0.1) is 5.82 Å². The monoisotopic (exact) mass is 317 g/mol. The van der Waals surface area contributed by atoms with Crippen molar-refractivity contribution >= 4 is 34.5 Å². The van der Waals surface area contributed by atoms with E-state index in [0.29, 0.717) is 6.42 Å². The number of likely N-dealkylation sites (N-methyl/N-ethyl adjacent to an activating group) is 1. The molecule has 1 N–H and O–H groups in total. The number of benzene rings is 1. The summed E-state index contributed by atoms with van der Waals surface area (Å²) in [6, 6.07) is 6.89. The zero-order valence-electron chi connectivity index (χ0n) is 10.4. The summed E-state index contributed by atoms with van der Waals surface area (Å²) < 4.78 is 13.5. The van der Waals surface area contributed by atoms with Crippen molar-refractivity contribution < 1.29 is 4.39 Å². The predicted octanol–water partition coefficient (Wildman–Crippen LogP) is 5.09. The molecule has 19 heavy (non-hydrogen) atoms. The van der Waals surface area contributed by atoms with Gasteiger partial charge in [0.2, 0.25) is 0 Å². The van der Waals surface area contributed by atoms with E-state index in [9.17, 15) is 4.39 Å². The minimum absolute atomic E-state index is 0.0954. The van der Waals surface area contributed by atoms with Crippen molar-refractivity contribution in [2.45, 2.75) is 19.4 Å². The molecule has 0 fully saturated rings. The van der Waals surface area contributed by atoms with E-state index in [4.69, 9.17) is 23.2 Å². The Kier molecular flexibility index (Phi) is 5.22. The van der Waals surface area contributed by atoms with Crippen LogP contribution in [-0.4, -0.2) is 6.54 Å². The minimum atomic E-state index is -0.383. The van der Waals surface area contributed by atoms with Crippen LogP contribution in [0.25, 0.3) is 0 Å². The highest BCUT2D eigenvalue weighted by molar-refractivity contribution is 7.10. The molecule has 0 aliphatic heterocycles. The standard InChI is InChI=1S/C14H14Cl2FNS/c1-2-18-13(14-11(16)5-6-19-14)8-9-3-4-10(15)12(17)7-9/h3-7,13,18H,2,8H2,1H3. The van der Waals surface area contributed by atoms with Crippen molar-refractivity contribution in [2.24, 2.45) is 0 Å². The highest BCUT2D eigenvalue weighted by Gasteiger charge is 2.16. The van der Waals surface area contributed by atoms with Gasteiger partial charge in [-0.2, -0.15) is 0 Å². The molecule has 1 aromatic carbocycles. The highest BCUT2D eigenvalue weighted by Crippen LogP contribution is 2.31. The molecule has 1 unspecified atom stereocenters. The molecule has 102 valence electrons. The first-order chi connectivity index (χ1) is 9.11. The lowest BCUT2D eigenvalue weighted by molar-refractivity contribution is 0.555. The third-order valence-corrected chi connectivity index (χ3v) is 4.61. The summed E-state index contributed by atoms with van der Waals surface area (Å²) in [6.07, 6.45) is 0.683. The molecule has 2 rings (SSSR count). The number of thiophene rings is 1. The summed E-state index contributed by atoms with van der Waals surface area (Å²) in [5.41, 5.74) is 0.900. The van der Waals surface area contributed by atoms with Gasteiger partial charge in [0, 0.05) is 10.9 Å². The van der Waals surface area contributed by atoms with Crippen LogP contribution >= 0.6 is 34.5 Å². The van der Waals surface area contributed by atoms with Crippen molar-refractivity contribution in [2.75, 3.05) is 6.54 Å². The van der Waals surface area contributed by atoms with E-state index < -0.39 is 0 Å². The van der Waals surface area contributed by atoms with Crippen molar-refractivity contribution in [3.05, 3.63) is 55.9 Å². The van der Waals surface area contributed by atoms with Crippen LogP contribution in [-0.2, 0) is 6.42 Å². The zero-order valence-corrected chi connectivity index (χ0v) is 12.7. The first-order valence-electron chi connectivity index (χ1n) is 6.02. The number of nitrogens with one attached hydrogen (secondary N) is 1. The third kappa shape index (κ3) is 3.69. The maximum absolute atomic E-state index is 13.5. The number of hydrogen-bond acceptors (Lipinski definition) is 2. The molecule has 0 amide bonds. The van der Waals surface area contributed by atoms with E-state index in [0.717, 1.165) is 22.0 Å². The molecule has 0 aliphatic rings. The van der Waals surface area contributed by atoms with Gasteiger partial charge in [0.1, 0.15) is 5.82 Å². The van der Waals surface area contributed by atoms with E-state index in [1.165, 1.54) is 6.07 Å². The molecule has 1 heterocycles. The second-order valence-electron chi connectivity index (χ2n) is 4.20. The van der Waals surface area contributed by atoms with Crippen LogP contribution < -0.4 is 5.32 Å². The van der Waals surface area contributed by atoms with Crippen LogP contribution in [0.2, 0.25) is 10.0 Å². The van der Waals surface area contributed by atoms with Gasteiger partial charge < -0.3 is 5.32 Å². The lowest BCUT2D eigenvalue weighted by Crippen LogP contribution is -2.22. The van der Waals surface area contributed by atoms with Crippen molar-refractivity contribution in [3.8, 4) is 0 Å². The Morgan fingerprint density at radius 3 is 2.63 bits per heavy atom. The Labute approximate surface area is 126 Å². The summed E-state index contributed by atoms with van der Waals surface area (Å²) in [4.78, 5) is 1.08. The maximum Gasteiger partial charge on any atom is 0.142 e. The smallest absolute Gasteiger partial charge is 0.142 e. The van der Waals surface area contributed by atoms with Gasteiger partial charge in [-0.25, -0.2) is 4.39 Å². The van der Waals surface area contributed by atoms with Gasteiger partial charge in [-0.15, -0.1) is 11.3 Å². The maximum atomic E-state index is 13.5. The third-order valence-electron chi connectivity index (χ3n) is 2.84. The fraction of sp³-hybridized carbons (Fsp3) is 0.286. The van der Waals surface area contributed by atoms with Gasteiger partial charge in [-0.3, -0.25) is 0 Å². The molecule has 0 saturated heterocycles. The summed E-state index contributed by atoms with van der Waals surface area (Å²) in [6.45, 7) is 2.87. The Hall–Kier alpha value is -0.610. The Morgan fingerprint density at radius 2 is 2.05 bits per heavy atom. The molecule has 1 atom stereocenters. The summed E-state index contributed by atoms with van der Waals surface area (Å²) >= 11 is 13.5. The fourth-order valence-corrected chi connectivity index (χ4v) is 3.34. The molecule has 0 aliphatic carbocycles. The van der Waals surface area contributed by atoms with Crippen LogP contribution in [0.15, 0.2) is 29.6 Å². The predicted molar refractivity (Wildman–Crippen MR) is 80.9 cm³/mol. The van der Waals surface area contributed by atoms with E-state index in [2.05, 4.69) is 5.32 Å². The fourth-order valence-electron chi connectivity index (χ4n) is 1.96. The Bertz CT molecular complexity index is 556. The summed E-state index contributed by atoms with van der Waals surface area (Å²) in [7, 11) is 0. The lowest BCUT2D eigenvalue weighted by atomic mass is 10.0. The van der Waals surface area contributed by atoms with Crippen LogP contribution in [0.1, 0.15) is 23.4 Å². The topological polar surface area (TPSA) is 12.0 Å². The lowest BCUT2D eigenvalue weighted by Gasteiger charge is -2.17. The second kappa shape index (κ2) is 6.71. The SMILES string of the molecule is CCNC(Cc1ccc(Cl)c(F)c1)c1sccc1Cl. The molecule has 0 spiro atoms. The molecule has 1 aromatic heterocycles. The van der Waals surface area contributed by atoms with Crippen molar-refractivity contribution in [1.29, 1.82) is 0 Å². The Balaban J connectivity index is 2.21. The van der Waals surface area contributed by atoms with Gasteiger partial charge in [0.15, 0.2) is 0 Å². The molecular weight excluding hydrogens is 304 g/mol. The second-order valence-corrected chi connectivity index (χ2v) is 5.96. The molecular formula is C14H14Cl2FNS. The van der Waals surface area contributed by atoms with Crippen molar-refractivity contribution in [3.63, 3.8) is 0 Å². The Morgan fingerprint density at radius 1 is 1.26 bits per heavy atom. The van der Waals surface area contributed by atoms with Crippen LogP contribution in [0.3, 0.4) is 0 Å². The van der Waals surface area contributed by atoms with Gasteiger partial charge >= 0.3 is 0 Å². The number of hydrogen-bond donors (Lipinski definition) is 1. The number of rotatable bonds is 5. The number of halogens is 3. The molecule has 1 nitrogen and oxygen atoms in total. The molecule has 2 aromatic rings. The van der Waals surface area contributed by atoms with Crippen molar-refractivity contribution in [1.82, 2.24) is 5.32 Å². The van der Waals surface area contributed by atoms with Crippen LogP contribution in [0.5, 0.6) is 0 Å². The summed E-state index contributed by atoms with van der Waals surface area (Å²) in [5.74, 6) is -0.383. The van der Waals surface area contributed by atoms with Gasteiger partial charge in [0.25, 0.3) is 0 Å². The normalized spacial score (nSPS) is 12.6. The molecule has 5 heteroatoms. The van der Waals surface area contributed by atoms with E-state index in [1.807, 2.05) is 24.4 Å². The van der Waals surface area contributed by atoms with Gasteiger partial charge in [-0.1, -0.05) is 36.2 Å². The average molecular weight is 318 g/mol. The zero-order chi connectivity index (χ0) is 13.8. The quantitative estimate of drug-likeness (QED) is 0.810. The van der Waals surface area contributed by atoms with Gasteiger partial charge in [0.05, 0.1) is 10.0 Å². The van der Waals surface area contributed by atoms with Gasteiger partial charge in [-0.05, 0) is 42.1 Å². The first kappa shape index (κ1) is 14.8. The van der Waals surface area contributed by atoms with E-state index >= 15 is 0 Å². The van der Waals surface area contributed by atoms with Crippen LogP contribution in [0.4, 0.5) is 4.39 Å². The van der Waals surface area contributed by atoms with E-state index in [-0.39, 0.29) is 16.9 Å². The van der Waals surface area contributed by atoms with E-state index in [1.54, 1.807) is 17.4 Å². The molecule has 0 radical (unpaired) electrons. The highest BCUT2D eigenvalue weighted by atomic mass is 35.5.